The molecule has 2 heterocycles. The number of H-pyrrole nitrogens is 2. The molecule has 3 aromatic rings. The van der Waals surface area contributed by atoms with E-state index in [0.717, 1.165) is 11.1 Å². The third-order valence-electron chi connectivity index (χ3n) is 3.14. The van der Waals surface area contributed by atoms with E-state index in [1.54, 1.807) is 18.3 Å². The van der Waals surface area contributed by atoms with Gasteiger partial charge in [0, 0.05) is 16.9 Å². The van der Waals surface area contributed by atoms with Gasteiger partial charge in [-0.2, -0.15) is 0 Å². The Labute approximate surface area is 124 Å². The molecule has 0 radical (unpaired) electrons. The van der Waals surface area contributed by atoms with E-state index in [1.165, 1.54) is 0 Å². The minimum absolute atomic E-state index is 0.227. The fraction of sp³-hybridized carbons (Fsp3) is 0.0769. The second-order valence-electron chi connectivity index (χ2n) is 4.43. The van der Waals surface area contributed by atoms with E-state index in [2.05, 4.69) is 9.97 Å². The first-order valence-corrected chi connectivity index (χ1v) is 6.69. The van der Waals surface area contributed by atoms with E-state index in [-0.39, 0.29) is 5.56 Å². The molecule has 0 atom stereocenters. The molecule has 0 spiro atoms. The Hall–Kier alpha value is -2.05. The molecule has 3 rings (SSSR count). The van der Waals surface area contributed by atoms with Crippen LogP contribution in [-0.4, -0.2) is 14.5 Å². The molecule has 0 saturated heterocycles. The summed E-state index contributed by atoms with van der Waals surface area (Å²) in [6, 6.07) is 7.13. The predicted molar refractivity (Wildman–Crippen MR) is 82.7 cm³/mol. The van der Waals surface area contributed by atoms with Crippen LogP contribution in [0.5, 0.6) is 0 Å². The molecule has 0 aliphatic carbocycles. The van der Waals surface area contributed by atoms with Crippen LogP contribution in [0.4, 0.5) is 5.69 Å². The molecule has 20 heavy (non-hydrogen) atoms. The number of nitrogen functional groups attached to an aromatic ring is 1. The van der Waals surface area contributed by atoms with Crippen molar-refractivity contribution in [1.82, 2.24) is 14.5 Å². The largest absolute Gasteiger partial charge is 0.398 e. The normalized spacial score (nSPS) is 11.1. The first-order chi connectivity index (χ1) is 9.56. The van der Waals surface area contributed by atoms with Gasteiger partial charge in [0.2, 0.25) is 0 Å². The van der Waals surface area contributed by atoms with Gasteiger partial charge in [-0.1, -0.05) is 17.7 Å². The summed E-state index contributed by atoms with van der Waals surface area (Å²) in [4.78, 5) is 17.3. The van der Waals surface area contributed by atoms with Gasteiger partial charge in [0.15, 0.2) is 4.77 Å². The molecule has 0 aliphatic rings. The SMILES string of the molecule is Nc1cc(Cl)ccc1Cn1c(=S)[nH]c(=O)c2[nH]ccc21. The number of nitrogens with zero attached hydrogens (tertiary/aromatic N) is 1. The summed E-state index contributed by atoms with van der Waals surface area (Å²) in [6.07, 6.45) is 1.70. The van der Waals surface area contributed by atoms with Crippen molar-refractivity contribution in [3.8, 4) is 0 Å². The fourth-order valence-electron chi connectivity index (χ4n) is 2.14. The number of aromatic nitrogens is 3. The van der Waals surface area contributed by atoms with Crippen molar-refractivity contribution in [2.24, 2.45) is 0 Å². The minimum atomic E-state index is -0.227. The van der Waals surface area contributed by atoms with Gasteiger partial charge in [0.1, 0.15) is 5.52 Å². The quantitative estimate of drug-likeness (QED) is 0.503. The van der Waals surface area contributed by atoms with Crippen LogP contribution in [0.3, 0.4) is 0 Å². The molecule has 0 fully saturated rings. The van der Waals surface area contributed by atoms with Gasteiger partial charge in [-0.05, 0) is 36.0 Å². The number of rotatable bonds is 2. The number of hydrogen-bond acceptors (Lipinski definition) is 3. The molecule has 7 heteroatoms. The van der Waals surface area contributed by atoms with Crippen LogP contribution >= 0.6 is 23.8 Å². The van der Waals surface area contributed by atoms with Crippen LogP contribution in [0.25, 0.3) is 11.0 Å². The molecule has 0 saturated carbocycles. The maximum absolute atomic E-state index is 11.8. The van der Waals surface area contributed by atoms with Crippen molar-refractivity contribution in [1.29, 1.82) is 0 Å². The molecular formula is C13H11ClN4OS. The lowest BCUT2D eigenvalue weighted by atomic mass is 10.2. The maximum Gasteiger partial charge on any atom is 0.276 e. The number of nitrogens with two attached hydrogens (primary N) is 1. The molecule has 0 amide bonds. The van der Waals surface area contributed by atoms with Crippen molar-refractivity contribution in [3.05, 3.63) is 56.2 Å². The number of nitrogens with one attached hydrogen (secondary N) is 2. The molecule has 0 aliphatic heterocycles. The van der Waals surface area contributed by atoms with Gasteiger partial charge in [-0.25, -0.2) is 0 Å². The third kappa shape index (κ3) is 2.13. The summed E-state index contributed by atoms with van der Waals surface area (Å²) in [6.45, 7) is 0.465. The van der Waals surface area contributed by atoms with Crippen molar-refractivity contribution in [3.63, 3.8) is 0 Å². The summed E-state index contributed by atoms with van der Waals surface area (Å²) >= 11 is 11.1. The highest BCUT2D eigenvalue weighted by atomic mass is 35.5. The van der Waals surface area contributed by atoms with Crippen LogP contribution < -0.4 is 11.3 Å². The smallest absolute Gasteiger partial charge is 0.276 e. The second-order valence-corrected chi connectivity index (χ2v) is 5.25. The van der Waals surface area contributed by atoms with Crippen molar-refractivity contribution in [2.45, 2.75) is 6.54 Å². The van der Waals surface area contributed by atoms with Gasteiger partial charge in [-0.15, -0.1) is 0 Å². The number of benzene rings is 1. The monoisotopic (exact) mass is 306 g/mol. The van der Waals surface area contributed by atoms with Gasteiger partial charge >= 0.3 is 0 Å². The predicted octanol–water partition coefficient (Wildman–Crippen LogP) is 2.67. The lowest BCUT2D eigenvalue weighted by Crippen LogP contribution is -2.15. The van der Waals surface area contributed by atoms with E-state index >= 15 is 0 Å². The topological polar surface area (TPSA) is 79.6 Å². The Kier molecular flexibility index (Phi) is 3.11. The number of anilines is 1. The molecular weight excluding hydrogens is 296 g/mol. The standard InChI is InChI=1S/C13H11ClN4OS/c14-8-2-1-7(9(15)5-8)6-18-10-3-4-16-11(10)12(19)17-13(18)20/h1-5,16H,6,15H2,(H,17,19,20). The lowest BCUT2D eigenvalue weighted by molar-refractivity contribution is 0.784. The number of hydrogen-bond donors (Lipinski definition) is 3. The molecule has 0 bridgehead atoms. The fourth-order valence-corrected chi connectivity index (χ4v) is 2.58. The molecule has 102 valence electrons. The average molecular weight is 307 g/mol. The summed E-state index contributed by atoms with van der Waals surface area (Å²) in [5, 5.41) is 0.586. The molecule has 0 unspecified atom stereocenters. The maximum atomic E-state index is 11.8. The van der Waals surface area contributed by atoms with Gasteiger partial charge in [0.05, 0.1) is 12.1 Å². The van der Waals surface area contributed by atoms with E-state index in [0.29, 0.717) is 27.5 Å². The Balaban J connectivity index is 2.18. The number of fused-ring (bicyclic) bond motifs is 1. The highest BCUT2D eigenvalue weighted by Crippen LogP contribution is 2.20. The summed E-state index contributed by atoms with van der Waals surface area (Å²) in [5.41, 5.74) is 8.45. The zero-order valence-corrected chi connectivity index (χ0v) is 11.9. The third-order valence-corrected chi connectivity index (χ3v) is 3.70. The summed E-state index contributed by atoms with van der Waals surface area (Å²) < 4.78 is 2.18. The Morgan fingerprint density at radius 1 is 1.35 bits per heavy atom. The minimum Gasteiger partial charge on any atom is -0.398 e. The highest BCUT2D eigenvalue weighted by molar-refractivity contribution is 7.71. The molecule has 5 nitrogen and oxygen atoms in total. The van der Waals surface area contributed by atoms with Crippen molar-refractivity contribution >= 4 is 40.5 Å². The zero-order chi connectivity index (χ0) is 14.3. The zero-order valence-electron chi connectivity index (χ0n) is 10.3. The molecule has 1 aromatic carbocycles. The molecule has 2 aromatic heterocycles. The Morgan fingerprint density at radius 3 is 2.90 bits per heavy atom. The number of halogens is 1. The van der Waals surface area contributed by atoms with Crippen LogP contribution in [0.2, 0.25) is 5.02 Å². The second kappa shape index (κ2) is 4.81. The van der Waals surface area contributed by atoms with Crippen molar-refractivity contribution in [2.75, 3.05) is 5.73 Å². The Bertz CT molecular complexity index is 909. The van der Waals surface area contributed by atoms with Crippen LogP contribution in [0, 0.1) is 4.77 Å². The van der Waals surface area contributed by atoms with Gasteiger partial charge in [0.25, 0.3) is 5.56 Å². The Morgan fingerprint density at radius 2 is 2.15 bits per heavy atom. The average Bonchev–Trinajstić information content (AvgIpc) is 2.86. The molecule has 4 N–H and O–H groups in total. The van der Waals surface area contributed by atoms with Crippen molar-refractivity contribution < 1.29 is 0 Å². The van der Waals surface area contributed by atoms with Gasteiger partial charge < -0.3 is 15.3 Å². The van der Waals surface area contributed by atoms with Gasteiger partial charge in [-0.3, -0.25) is 9.78 Å². The highest BCUT2D eigenvalue weighted by Gasteiger charge is 2.08. The van der Waals surface area contributed by atoms with E-state index in [9.17, 15) is 4.79 Å². The number of aromatic amines is 2. The summed E-state index contributed by atoms with van der Waals surface area (Å²) in [7, 11) is 0. The lowest BCUT2D eigenvalue weighted by Gasteiger charge is -2.11. The van der Waals surface area contributed by atoms with E-state index in [1.807, 2.05) is 16.7 Å². The van der Waals surface area contributed by atoms with Crippen LogP contribution in [0.15, 0.2) is 35.3 Å². The van der Waals surface area contributed by atoms with E-state index < -0.39 is 0 Å². The van der Waals surface area contributed by atoms with E-state index in [4.69, 9.17) is 29.6 Å². The van der Waals surface area contributed by atoms with Crippen LogP contribution in [0.1, 0.15) is 5.56 Å². The first kappa shape index (κ1) is 13.0. The van der Waals surface area contributed by atoms with Crippen LogP contribution in [-0.2, 0) is 6.54 Å². The first-order valence-electron chi connectivity index (χ1n) is 5.90. The summed E-state index contributed by atoms with van der Waals surface area (Å²) in [5.74, 6) is 0.